The van der Waals surface area contributed by atoms with Crippen molar-refractivity contribution in [3.05, 3.63) is 226 Å². The van der Waals surface area contributed by atoms with Gasteiger partial charge in [-0.2, -0.15) is 0 Å². The predicted octanol–water partition coefficient (Wildman–Crippen LogP) is 15.1. The molecule has 0 aromatic heterocycles. The first-order valence-electron chi connectivity index (χ1n) is 21.8. The molecule has 0 heterocycles. The fraction of sp³-hybridized carbons (Fsp3) is 0.241. The first-order chi connectivity index (χ1) is 30.9. The van der Waals surface area contributed by atoms with Crippen LogP contribution in [0.15, 0.2) is 186 Å². The predicted molar refractivity (Wildman–Crippen MR) is 275 cm³/mol. The van der Waals surface area contributed by atoms with Gasteiger partial charge in [-0.3, -0.25) is 9.98 Å². The molecule has 7 heteroatoms. The molecule has 0 bridgehead atoms. The van der Waals surface area contributed by atoms with E-state index in [1.807, 2.05) is 133 Å². The topological polar surface area (TPSA) is 65.2 Å². The van der Waals surface area contributed by atoms with E-state index in [1.54, 1.807) is 14.1 Å². The van der Waals surface area contributed by atoms with Crippen LogP contribution in [0.25, 0.3) is 22.3 Å². The van der Waals surface area contributed by atoms with Gasteiger partial charge in [0.1, 0.15) is 11.2 Å². The molecule has 0 atom stereocenters. The molecule has 7 aromatic carbocycles. The zero-order valence-corrected chi connectivity index (χ0v) is 41.8. The van der Waals surface area contributed by atoms with E-state index in [1.165, 1.54) is 16.7 Å². The van der Waals surface area contributed by atoms with E-state index in [9.17, 15) is 10.2 Å². The Morgan fingerprint density at radius 1 is 0.462 bits per heavy atom. The Kier molecular flexibility index (Phi) is 18.6. The molecule has 0 unspecified atom stereocenters. The molecule has 0 saturated carbocycles. The number of fused-ring (bicyclic) bond motifs is 6. The Balaban J connectivity index is 0.000000184. The van der Waals surface area contributed by atoms with Crippen LogP contribution in [0.1, 0.15) is 110 Å². The number of hydrogen-bond acceptors (Lipinski definition) is 4. The second-order valence-electron chi connectivity index (χ2n) is 16.8. The van der Waals surface area contributed by atoms with Crippen LogP contribution in [0, 0.1) is 6.92 Å². The summed E-state index contributed by atoms with van der Waals surface area (Å²) in [4.78, 5) is 8.94. The third-order valence-electron chi connectivity index (χ3n) is 12.3. The van der Waals surface area contributed by atoms with E-state index in [0.717, 1.165) is 67.1 Å². The van der Waals surface area contributed by atoms with Gasteiger partial charge < -0.3 is 10.2 Å². The van der Waals surface area contributed by atoms with Crippen molar-refractivity contribution >= 4 is 28.4 Å². The molecule has 2 aliphatic rings. The number of aliphatic hydroxyl groups is 2. The Labute approximate surface area is 406 Å². The van der Waals surface area contributed by atoms with Crippen molar-refractivity contribution in [1.82, 2.24) is 0 Å². The zero-order chi connectivity index (χ0) is 45.9. The molecule has 0 saturated heterocycles. The van der Waals surface area contributed by atoms with Crippen LogP contribution in [-0.4, -0.2) is 35.7 Å². The second-order valence-corrected chi connectivity index (χ2v) is 20.5. The summed E-state index contributed by atoms with van der Waals surface area (Å²) >= 11 is -0.826. The van der Waals surface area contributed by atoms with E-state index in [0.29, 0.717) is 24.7 Å². The van der Waals surface area contributed by atoms with Gasteiger partial charge in [-0.1, -0.05) is 211 Å². The maximum atomic E-state index is 11.7. The van der Waals surface area contributed by atoms with Gasteiger partial charge in [0.25, 0.3) is 0 Å². The standard InChI is InChI=1S/2C22H19NO.C13H20.CH4.2ClH.Zr/c2*1-23-21(16-9-3-2-4-10-16)15-22(24)19-13-7-5-11-17(19)18-12-6-8-14-20(18)22;1-9(2)12-7-6-8-13(10(3)4)11(12)5;;;;/h2*2-14,24H,15H2,1H3;6-10H,1-5H3;1H4;2*1H;/q;;;;;;+2/p-2. The maximum absolute atomic E-state index is 11.7. The van der Waals surface area contributed by atoms with Gasteiger partial charge in [0, 0.05) is 38.4 Å². The number of nitrogens with zero attached hydrogens (tertiary/aromatic N) is 2. The molecule has 65 heavy (non-hydrogen) atoms. The van der Waals surface area contributed by atoms with E-state index in [2.05, 4.69) is 87.1 Å². The van der Waals surface area contributed by atoms with E-state index in [-0.39, 0.29) is 7.43 Å². The van der Waals surface area contributed by atoms with E-state index in [4.69, 9.17) is 17.0 Å². The van der Waals surface area contributed by atoms with Gasteiger partial charge in [-0.05, 0) is 91.1 Å². The van der Waals surface area contributed by atoms with E-state index < -0.39 is 32.1 Å². The van der Waals surface area contributed by atoms with Gasteiger partial charge in [0.05, 0.1) is 0 Å². The zero-order valence-electron chi connectivity index (χ0n) is 37.9. The quantitative estimate of drug-likeness (QED) is 0.149. The SMILES string of the molecule is C.CN=C(CC1(O)c2ccccc2-c2ccccc21)c1ccccc1.CN=C(CC1(O)c2ccccc2-c2ccccc21)c1ccccc1.Cc1c(C(C)C)cccc1C(C)C.[Cl][Zr][Cl]. The van der Waals surface area contributed by atoms with Crippen molar-refractivity contribution < 1.29 is 31.1 Å². The summed E-state index contributed by atoms with van der Waals surface area (Å²) in [5, 5.41) is 23.4. The Morgan fingerprint density at radius 3 is 0.985 bits per heavy atom. The minimum absolute atomic E-state index is 0. The molecule has 9 rings (SSSR count). The summed E-state index contributed by atoms with van der Waals surface area (Å²) in [5.74, 6) is 1.28. The molecule has 0 amide bonds. The molecule has 2 N–H and O–H groups in total. The van der Waals surface area contributed by atoms with Crippen LogP contribution in [0.4, 0.5) is 0 Å². The molecule has 2 aliphatic carbocycles. The summed E-state index contributed by atoms with van der Waals surface area (Å²) in [5.41, 5.74) is 14.6. The average molecular weight is 981 g/mol. The third kappa shape index (κ3) is 11.3. The Morgan fingerprint density at radius 2 is 0.723 bits per heavy atom. The van der Waals surface area contributed by atoms with Crippen LogP contribution in [-0.2, 0) is 32.1 Å². The minimum atomic E-state index is -1.04. The molecule has 334 valence electrons. The van der Waals surface area contributed by atoms with Gasteiger partial charge in [-0.25, -0.2) is 0 Å². The molecular weight excluding hydrogens is 919 g/mol. The summed E-state index contributed by atoms with van der Waals surface area (Å²) in [7, 11) is 13.4. The number of benzene rings is 7. The van der Waals surface area contributed by atoms with Crippen LogP contribution in [0.3, 0.4) is 0 Å². The third-order valence-corrected chi connectivity index (χ3v) is 12.3. The van der Waals surface area contributed by atoms with Crippen molar-refractivity contribution in [3.63, 3.8) is 0 Å². The monoisotopic (exact) mass is 978 g/mol. The van der Waals surface area contributed by atoms with Crippen LogP contribution < -0.4 is 0 Å². The van der Waals surface area contributed by atoms with Gasteiger partial charge in [0.2, 0.25) is 0 Å². The molecule has 0 aliphatic heterocycles. The fourth-order valence-electron chi connectivity index (χ4n) is 9.27. The van der Waals surface area contributed by atoms with Crippen molar-refractivity contribution in [2.75, 3.05) is 14.1 Å². The molecule has 7 aromatic rings. The van der Waals surface area contributed by atoms with E-state index >= 15 is 0 Å². The Bertz CT molecular complexity index is 2420. The first-order valence-corrected chi connectivity index (χ1v) is 28.2. The molecule has 0 fully saturated rings. The molecule has 0 spiro atoms. The molecular formula is C58H62Cl2N2O2Zr. The second kappa shape index (κ2) is 23.6. The summed E-state index contributed by atoms with van der Waals surface area (Å²) in [6, 6.07) is 59.3. The van der Waals surface area contributed by atoms with Crippen LogP contribution >= 0.6 is 17.0 Å². The number of hydrogen-bond donors (Lipinski definition) is 2. The molecule has 0 radical (unpaired) electrons. The number of rotatable bonds is 8. The normalized spacial score (nSPS) is 13.6. The first kappa shape index (κ1) is 51.3. The van der Waals surface area contributed by atoms with Crippen molar-refractivity contribution in [3.8, 4) is 22.3 Å². The van der Waals surface area contributed by atoms with Crippen LogP contribution in [0.2, 0.25) is 0 Å². The number of aliphatic imine (C=N–C) groups is 2. The van der Waals surface area contributed by atoms with Crippen molar-refractivity contribution in [1.29, 1.82) is 0 Å². The average Bonchev–Trinajstić information content (AvgIpc) is 3.73. The van der Waals surface area contributed by atoms with Crippen molar-refractivity contribution in [2.24, 2.45) is 9.98 Å². The summed E-state index contributed by atoms with van der Waals surface area (Å²) in [6.45, 7) is 11.3. The number of halogens is 2. The van der Waals surface area contributed by atoms with Gasteiger partial charge in [0.15, 0.2) is 0 Å². The van der Waals surface area contributed by atoms with Crippen molar-refractivity contribution in [2.45, 2.75) is 77.9 Å². The van der Waals surface area contributed by atoms with Gasteiger partial charge in [-0.15, -0.1) is 0 Å². The fourth-order valence-corrected chi connectivity index (χ4v) is 9.27. The Hall–Kier alpha value is -4.74. The summed E-state index contributed by atoms with van der Waals surface area (Å²) in [6.07, 6.45) is 0.920. The van der Waals surface area contributed by atoms with Crippen LogP contribution in [0.5, 0.6) is 0 Å². The summed E-state index contributed by atoms with van der Waals surface area (Å²) < 4.78 is 0. The molecule has 4 nitrogen and oxygen atoms in total. The van der Waals surface area contributed by atoms with Gasteiger partial charge >= 0.3 is 37.9 Å².